The van der Waals surface area contributed by atoms with Gasteiger partial charge in [0.2, 0.25) is 0 Å². The molecule has 0 aliphatic heterocycles. The van der Waals surface area contributed by atoms with Gasteiger partial charge in [0.25, 0.3) is 0 Å². The molecule has 4 aromatic rings. The fourth-order valence-electron chi connectivity index (χ4n) is 3.47. The van der Waals surface area contributed by atoms with Gasteiger partial charge in [0.15, 0.2) is 0 Å². The highest BCUT2D eigenvalue weighted by molar-refractivity contribution is 6.01. The van der Waals surface area contributed by atoms with Crippen LogP contribution in [-0.2, 0) is 0 Å². The number of rotatable bonds is 5. The number of hydrogen-bond donors (Lipinski definition) is 0. The molecule has 0 amide bonds. The first-order valence-electron chi connectivity index (χ1n) is 15.5. The van der Waals surface area contributed by atoms with Crippen LogP contribution in [0.5, 0.6) is 0 Å². The van der Waals surface area contributed by atoms with Gasteiger partial charge in [0, 0.05) is 5.56 Å². The van der Waals surface area contributed by atoms with Crippen molar-refractivity contribution >= 4 is 16.3 Å². The van der Waals surface area contributed by atoms with E-state index in [1.54, 1.807) is 60.7 Å². The van der Waals surface area contributed by atoms with Gasteiger partial charge in [-0.25, -0.2) is 0 Å². The number of hydrogen-bond acceptors (Lipinski definition) is 1. The lowest BCUT2D eigenvalue weighted by atomic mass is 9.96. The predicted octanol–water partition coefficient (Wildman–Crippen LogP) is 9.77. The Bertz CT molecular complexity index is 1910. The Morgan fingerprint density at radius 1 is 0.771 bits per heavy atom. The van der Waals surface area contributed by atoms with E-state index in [2.05, 4.69) is 0 Å². The van der Waals surface area contributed by atoms with Gasteiger partial charge in [-0.05, 0) is 45.2 Å². The largest absolute Gasteiger partial charge is 0.464 e. The molecule has 0 N–H and O–H groups in total. The minimum atomic E-state index is -0.606. The Morgan fingerprint density at radius 2 is 1.49 bits per heavy atom. The highest BCUT2D eigenvalue weighted by Crippen LogP contribution is 2.31. The third kappa shape index (κ3) is 6.04. The predicted molar refractivity (Wildman–Crippen MR) is 151 cm³/mol. The summed E-state index contributed by atoms with van der Waals surface area (Å²) < 4.78 is 81.1. The third-order valence-electron chi connectivity index (χ3n) is 5.09. The summed E-state index contributed by atoms with van der Waals surface area (Å²) in [5.41, 5.74) is 1.77. The Morgan fingerprint density at radius 3 is 2.31 bits per heavy atom. The van der Waals surface area contributed by atoms with E-state index < -0.39 is 36.3 Å². The molecule has 0 unspecified atom stereocenters. The Kier molecular flexibility index (Phi) is 5.01. The molecule has 0 bridgehead atoms. The van der Waals surface area contributed by atoms with Crippen LogP contribution in [0.3, 0.4) is 0 Å². The molecule has 0 atom stereocenters. The lowest BCUT2D eigenvalue weighted by Crippen LogP contribution is -1.83. The van der Waals surface area contributed by atoms with Crippen LogP contribution in [0.15, 0.2) is 163 Å². The lowest BCUT2D eigenvalue weighted by molar-refractivity contribution is 0.570. The van der Waals surface area contributed by atoms with Gasteiger partial charge in [-0.2, -0.15) is 0 Å². The van der Waals surface area contributed by atoms with Crippen molar-refractivity contribution in [2.24, 2.45) is 0 Å². The van der Waals surface area contributed by atoms with Gasteiger partial charge < -0.3 is 4.42 Å². The van der Waals surface area contributed by atoms with Crippen molar-refractivity contribution in [3.8, 4) is 22.5 Å². The molecule has 0 saturated carbocycles. The van der Waals surface area contributed by atoms with E-state index in [1.807, 2.05) is 30.3 Å². The van der Waals surface area contributed by atoms with E-state index in [0.717, 1.165) is 12.1 Å². The van der Waals surface area contributed by atoms with Gasteiger partial charge in [0.1, 0.15) is 5.76 Å². The highest BCUT2D eigenvalue weighted by Gasteiger charge is 2.05. The van der Waals surface area contributed by atoms with Crippen molar-refractivity contribution in [1.29, 1.82) is 0 Å². The summed E-state index contributed by atoms with van der Waals surface area (Å²) in [6.45, 7) is 1.44. The topological polar surface area (TPSA) is 13.1 Å². The number of fused-ring (bicyclic) bond motifs is 1. The molecule has 3 aromatic carbocycles. The minimum Gasteiger partial charge on any atom is -0.464 e. The standard InChI is InChI=1S/C34H28O/c1-3-4-16-27(2)30-20-10-5-6-11-21-31(33-23-13-12-22-32(30)33)28-17-14-15-26-35-34(25-24-28)29-18-8-7-9-19-29/h3-26H,1-2H2/b6-5?,10-5?,11-6?,16-4-,17-14?,20-10?,21-11?,26-15?,28-24?,30-20?,31-21?,32-30?,33-31?,34-25?/i1D,2D,3D,4D,12D,13D,16D,22D,23D/b3-1?,6-5?,10-5?,11-6?,16-4-,17-14?,20-10?,21-11?,26-15?,27-2?,28-24?,30-20?,31-21?,32-30?,33-31?,34-25?. The van der Waals surface area contributed by atoms with E-state index in [9.17, 15) is 0 Å². The zero-order valence-corrected chi connectivity index (χ0v) is 18.9. The Hall–Kier alpha value is -4.62. The molecule has 1 heterocycles. The summed E-state index contributed by atoms with van der Waals surface area (Å²) >= 11 is 0. The monoisotopic (exact) mass is 461 g/mol. The molecule has 0 aliphatic carbocycles. The first-order chi connectivity index (χ1) is 21.2. The van der Waals surface area contributed by atoms with E-state index >= 15 is 0 Å². The SMILES string of the molecule is [2H]C=C([2H])/C([2H])=C(/[2H])C(=C[2H])c1ccccccc(-c2ccccoc(-c3ccccc3)cc2)c2c([2H])c([2H])c([2H])c([2H])c12. The third-order valence-corrected chi connectivity index (χ3v) is 5.09. The maximum absolute atomic E-state index is 9.02. The van der Waals surface area contributed by atoms with Crippen molar-refractivity contribution in [3.63, 3.8) is 0 Å². The Balaban J connectivity index is 2.25. The number of allylic oxidation sites excluding steroid dienone is 4. The molecule has 0 fully saturated rings. The van der Waals surface area contributed by atoms with Crippen LogP contribution < -0.4 is 0 Å². The molecule has 0 spiro atoms. The normalized spacial score (nSPS) is 15.8. The first kappa shape index (κ1) is 14.6. The van der Waals surface area contributed by atoms with Crippen LogP contribution in [0.2, 0.25) is 0 Å². The average Bonchev–Trinajstić information content (AvgIpc) is 3.17. The van der Waals surface area contributed by atoms with Gasteiger partial charge in [-0.3, -0.25) is 0 Å². The minimum absolute atomic E-state index is 0.0212. The van der Waals surface area contributed by atoms with Gasteiger partial charge in [-0.15, -0.1) is 0 Å². The lowest BCUT2D eigenvalue weighted by Gasteiger charge is -2.08. The highest BCUT2D eigenvalue weighted by atomic mass is 16.3. The molecule has 0 aliphatic rings. The maximum Gasteiger partial charge on any atom is 0.133 e. The smallest absolute Gasteiger partial charge is 0.133 e. The van der Waals surface area contributed by atoms with Gasteiger partial charge in [-0.1, -0.05) is 140 Å². The molecular formula is C34H28O. The molecule has 0 radical (unpaired) electrons. The zero-order valence-electron chi connectivity index (χ0n) is 27.9. The van der Waals surface area contributed by atoms with Crippen molar-refractivity contribution in [1.82, 2.24) is 0 Å². The number of benzene rings is 2. The average molecular weight is 462 g/mol. The quantitative estimate of drug-likeness (QED) is 0.270. The summed E-state index contributed by atoms with van der Waals surface area (Å²) in [5, 5.41) is 0.144. The molecular weight excluding hydrogens is 424 g/mol. The zero-order chi connectivity index (χ0) is 31.8. The molecule has 1 heteroatoms. The van der Waals surface area contributed by atoms with E-state index in [1.165, 1.54) is 12.3 Å². The van der Waals surface area contributed by atoms with Crippen molar-refractivity contribution in [2.75, 3.05) is 0 Å². The van der Waals surface area contributed by atoms with Gasteiger partial charge in [0.05, 0.1) is 18.6 Å². The maximum atomic E-state index is 9.02. The summed E-state index contributed by atoms with van der Waals surface area (Å²) in [6.07, 6.45) is 1.54. The van der Waals surface area contributed by atoms with Crippen LogP contribution in [0.25, 0.3) is 38.8 Å². The molecule has 4 rings (SSSR count). The second-order valence-electron chi connectivity index (χ2n) is 7.31. The van der Waals surface area contributed by atoms with Crippen molar-refractivity contribution < 1.29 is 16.8 Å². The summed E-state index contributed by atoms with van der Waals surface area (Å²) in [6, 6.07) is 24.9. The summed E-state index contributed by atoms with van der Waals surface area (Å²) in [5.74, 6) is 0.554. The molecule has 170 valence electrons. The fourth-order valence-corrected chi connectivity index (χ4v) is 3.47. The van der Waals surface area contributed by atoms with E-state index in [-0.39, 0.29) is 28.0 Å². The van der Waals surface area contributed by atoms with Crippen LogP contribution in [0.1, 0.15) is 17.9 Å². The van der Waals surface area contributed by atoms with E-state index in [0.29, 0.717) is 23.4 Å². The first-order valence-corrected chi connectivity index (χ1v) is 10.9. The van der Waals surface area contributed by atoms with Crippen LogP contribution in [-0.4, -0.2) is 0 Å². The molecule has 0 saturated heterocycles. The molecule has 1 aromatic heterocycles. The summed E-state index contributed by atoms with van der Waals surface area (Å²) in [7, 11) is 0. The van der Waals surface area contributed by atoms with Crippen LogP contribution >= 0.6 is 0 Å². The summed E-state index contributed by atoms with van der Waals surface area (Å²) in [4.78, 5) is 0. The molecule has 1 nitrogen and oxygen atoms in total. The van der Waals surface area contributed by atoms with E-state index in [4.69, 9.17) is 16.8 Å². The Labute approximate surface area is 220 Å². The van der Waals surface area contributed by atoms with Crippen molar-refractivity contribution in [3.05, 3.63) is 164 Å². The fraction of sp³-hybridized carbons (Fsp3) is 0. The second-order valence-corrected chi connectivity index (χ2v) is 7.31. The second kappa shape index (κ2) is 12.0. The van der Waals surface area contributed by atoms with Crippen LogP contribution in [0, 0.1) is 0 Å². The van der Waals surface area contributed by atoms with Gasteiger partial charge >= 0.3 is 0 Å². The van der Waals surface area contributed by atoms with Crippen molar-refractivity contribution in [2.45, 2.75) is 0 Å². The van der Waals surface area contributed by atoms with Crippen LogP contribution in [0.4, 0.5) is 0 Å². The molecule has 35 heavy (non-hydrogen) atoms.